The fourth-order valence-corrected chi connectivity index (χ4v) is 4.22. The molecule has 0 saturated heterocycles. The van der Waals surface area contributed by atoms with Crippen LogP contribution in [0, 0.1) is 5.92 Å². The molecule has 2 fully saturated rings. The fraction of sp³-hybridized carbons (Fsp3) is 0.652. The molecule has 37 heavy (non-hydrogen) atoms. The first-order chi connectivity index (χ1) is 17.5. The molecule has 1 N–H and O–H groups in total. The summed E-state index contributed by atoms with van der Waals surface area (Å²) in [5.74, 6) is -0.709. The predicted molar refractivity (Wildman–Crippen MR) is 122 cm³/mol. The van der Waals surface area contributed by atoms with Crippen LogP contribution in [-0.4, -0.2) is 72.9 Å². The van der Waals surface area contributed by atoms with Gasteiger partial charge in [-0.2, -0.15) is 13.2 Å². The highest BCUT2D eigenvalue weighted by Crippen LogP contribution is 2.44. The van der Waals surface area contributed by atoms with Crippen molar-refractivity contribution < 1.29 is 37.3 Å². The van der Waals surface area contributed by atoms with Crippen molar-refractivity contribution in [3.05, 3.63) is 17.6 Å². The maximum atomic E-state index is 12.4. The third kappa shape index (κ3) is 6.86. The second-order valence-electron chi connectivity index (χ2n) is 9.51. The van der Waals surface area contributed by atoms with E-state index in [1.165, 1.54) is 17.9 Å². The standard InChI is InChI=1S/C23H29F3N6O5/c1-31(9-8-23(24,25)26)22(35)36-12-17-19(29-30-32(17)2)16-11-27-20(18(28-16)13-6-7-13)37-15-5-3-4-14(10-15)21(33)34/h11,13-15H,3-10,12H2,1-2H3,(H,33,34)/t14-,15-/m0/s1. The van der Waals surface area contributed by atoms with Crippen molar-refractivity contribution in [3.8, 4) is 17.3 Å². The summed E-state index contributed by atoms with van der Waals surface area (Å²) in [7, 11) is 2.83. The van der Waals surface area contributed by atoms with E-state index < -0.39 is 37.1 Å². The molecule has 1 amide bonds. The van der Waals surface area contributed by atoms with Crippen LogP contribution in [0.15, 0.2) is 6.20 Å². The Morgan fingerprint density at radius 1 is 1.24 bits per heavy atom. The lowest BCUT2D eigenvalue weighted by atomic mass is 9.87. The summed E-state index contributed by atoms with van der Waals surface area (Å²) < 4.78 is 50.0. The molecule has 2 aromatic heterocycles. The number of halogens is 3. The summed E-state index contributed by atoms with van der Waals surface area (Å²) in [6.45, 7) is -0.796. The number of carboxylic acids is 1. The van der Waals surface area contributed by atoms with Crippen LogP contribution in [0.1, 0.15) is 62.3 Å². The maximum absolute atomic E-state index is 12.4. The van der Waals surface area contributed by atoms with E-state index in [1.807, 2.05) is 0 Å². The minimum Gasteiger partial charge on any atom is -0.481 e. The Morgan fingerprint density at radius 3 is 2.68 bits per heavy atom. The number of aryl methyl sites for hydroxylation is 1. The van der Waals surface area contributed by atoms with Gasteiger partial charge in [0.2, 0.25) is 5.88 Å². The van der Waals surface area contributed by atoms with Crippen molar-refractivity contribution >= 4 is 12.1 Å². The number of aromatic nitrogens is 5. The summed E-state index contributed by atoms with van der Waals surface area (Å²) >= 11 is 0. The van der Waals surface area contributed by atoms with Gasteiger partial charge in [-0.05, 0) is 38.5 Å². The van der Waals surface area contributed by atoms with Crippen molar-refractivity contribution in [2.45, 2.75) is 69.8 Å². The van der Waals surface area contributed by atoms with Crippen LogP contribution in [0.4, 0.5) is 18.0 Å². The third-order valence-electron chi connectivity index (χ3n) is 6.54. The molecule has 2 aromatic rings. The maximum Gasteiger partial charge on any atom is 0.409 e. The Labute approximate surface area is 211 Å². The zero-order valence-corrected chi connectivity index (χ0v) is 20.6. The number of hydrogen-bond acceptors (Lipinski definition) is 8. The van der Waals surface area contributed by atoms with Gasteiger partial charge in [0, 0.05) is 26.6 Å². The molecule has 0 unspecified atom stereocenters. The Bertz CT molecular complexity index is 1140. The average Bonchev–Trinajstić information content (AvgIpc) is 3.63. The second-order valence-corrected chi connectivity index (χ2v) is 9.51. The smallest absolute Gasteiger partial charge is 0.409 e. The molecular formula is C23H29F3N6O5. The lowest BCUT2D eigenvalue weighted by Gasteiger charge is -2.27. The first kappa shape index (κ1) is 26.6. The van der Waals surface area contributed by atoms with Crippen molar-refractivity contribution in [1.29, 1.82) is 0 Å². The number of nitrogens with zero attached hydrogens (tertiary/aromatic N) is 6. The van der Waals surface area contributed by atoms with Crippen LogP contribution in [0.3, 0.4) is 0 Å². The molecule has 0 bridgehead atoms. The topological polar surface area (TPSA) is 133 Å². The Kier molecular flexibility index (Phi) is 7.83. The number of ether oxygens (including phenoxy) is 2. The molecule has 0 aromatic carbocycles. The van der Waals surface area contributed by atoms with Crippen LogP contribution < -0.4 is 4.74 Å². The van der Waals surface area contributed by atoms with Crippen molar-refractivity contribution in [2.24, 2.45) is 13.0 Å². The van der Waals surface area contributed by atoms with Crippen molar-refractivity contribution in [2.75, 3.05) is 13.6 Å². The van der Waals surface area contributed by atoms with E-state index in [2.05, 4.69) is 15.3 Å². The largest absolute Gasteiger partial charge is 0.481 e. The van der Waals surface area contributed by atoms with Gasteiger partial charge >= 0.3 is 18.2 Å². The second kappa shape index (κ2) is 10.9. The van der Waals surface area contributed by atoms with E-state index in [-0.39, 0.29) is 18.6 Å². The van der Waals surface area contributed by atoms with E-state index in [0.29, 0.717) is 41.5 Å². The molecular weight excluding hydrogens is 497 g/mol. The minimum atomic E-state index is -4.38. The van der Waals surface area contributed by atoms with E-state index in [9.17, 15) is 27.9 Å². The normalized spacial score (nSPS) is 19.9. The summed E-state index contributed by atoms with van der Waals surface area (Å²) in [5, 5.41) is 17.5. The molecule has 2 saturated carbocycles. The van der Waals surface area contributed by atoms with Crippen molar-refractivity contribution in [3.63, 3.8) is 0 Å². The van der Waals surface area contributed by atoms with E-state index in [0.717, 1.165) is 30.6 Å². The molecule has 4 rings (SSSR count). The Hall–Kier alpha value is -3.45. The van der Waals surface area contributed by atoms with Gasteiger partial charge in [-0.1, -0.05) is 5.21 Å². The van der Waals surface area contributed by atoms with E-state index in [1.54, 1.807) is 7.05 Å². The number of rotatable bonds is 9. The predicted octanol–water partition coefficient (Wildman–Crippen LogP) is 3.69. The highest BCUT2D eigenvalue weighted by molar-refractivity contribution is 5.70. The van der Waals surface area contributed by atoms with Crippen LogP contribution in [-0.2, 0) is 23.2 Å². The number of carbonyl (C=O) groups is 2. The summed E-state index contributed by atoms with van der Waals surface area (Å²) in [4.78, 5) is 33.6. The van der Waals surface area contributed by atoms with Crippen molar-refractivity contribution in [1.82, 2.24) is 29.9 Å². The molecule has 202 valence electrons. The zero-order chi connectivity index (χ0) is 26.7. The van der Waals surface area contributed by atoms with E-state index >= 15 is 0 Å². The van der Waals surface area contributed by atoms with Crippen LogP contribution in [0.5, 0.6) is 5.88 Å². The highest BCUT2D eigenvalue weighted by Gasteiger charge is 2.34. The van der Waals surface area contributed by atoms with Gasteiger partial charge in [0.05, 0.1) is 18.5 Å². The molecule has 2 aliphatic carbocycles. The van der Waals surface area contributed by atoms with Crippen LogP contribution in [0.2, 0.25) is 0 Å². The SMILES string of the molecule is CN(CCC(F)(F)F)C(=O)OCc1c(-c2cnc(O[C@H]3CCC[C@H](C(=O)O)C3)c(C3CC3)n2)nnn1C. The molecule has 2 atom stereocenters. The van der Waals surface area contributed by atoms with Gasteiger partial charge in [-0.25, -0.2) is 19.4 Å². The highest BCUT2D eigenvalue weighted by atomic mass is 19.4. The number of hydrogen-bond donors (Lipinski definition) is 1. The summed E-state index contributed by atoms with van der Waals surface area (Å²) in [5.41, 5.74) is 1.79. The van der Waals surface area contributed by atoms with Gasteiger partial charge in [-0.3, -0.25) is 4.79 Å². The number of alkyl halides is 3. The molecule has 0 aliphatic heterocycles. The molecule has 2 heterocycles. The molecule has 11 nitrogen and oxygen atoms in total. The first-order valence-corrected chi connectivity index (χ1v) is 12.1. The fourth-order valence-electron chi connectivity index (χ4n) is 4.22. The molecule has 2 aliphatic rings. The van der Waals surface area contributed by atoms with Crippen LogP contribution in [0.25, 0.3) is 11.4 Å². The zero-order valence-electron chi connectivity index (χ0n) is 20.6. The Morgan fingerprint density at radius 2 is 2.00 bits per heavy atom. The summed E-state index contributed by atoms with van der Waals surface area (Å²) in [6.07, 6.45) is -0.799. The van der Waals surface area contributed by atoms with Gasteiger partial charge in [0.25, 0.3) is 0 Å². The lowest BCUT2D eigenvalue weighted by molar-refractivity contribution is -0.144. The number of carboxylic acid groups (broad SMARTS) is 1. The molecule has 14 heteroatoms. The summed E-state index contributed by atoms with van der Waals surface area (Å²) in [6, 6.07) is 0. The number of carbonyl (C=O) groups excluding carboxylic acids is 1. The van der Waals surface area contributed by atoms with Gasteiger partial charge in [-0.15, -0.1) is 5.10 Å². The van der Waals surface area contributed by atoms with Gasteiger partial charge in [0.1, 0.15) is 35.5 Å². The quantitative estimate of drug-likeness (QED) is 0.519. The van der Waals surface area contributed by atoms with Gasteiger partial charge < -0.3 is 19.5 Å². The van der Waals surface area contributed by atoms with Gasteiger partial charge in [0.15, 0.2) is 0 Å². The Balaban J connectivity index is 1.47. The average molecular weight is 527 g/mol. The molecule has 0 radical (unpaired) electrons. The first-order valence-electron chi connectivity index (χ1n) is 12.1. The lowest BCUT2D eigenvalue weighted by Crippen LogP contribution is -2.31. The number of aliphatic carboxylic acids is 1. The number of amides is 1. The van der Waals surface area contributed by atoms with E-state index in [4.69, 9.17) is 14.5 Å². The third-order valence-corrected chi connectivity index (χ3v) is 6.54. The van der Waals surface area contributed by atoms with Crippen LogP contribution >= 0.6 is 0 Å². The monoisotopic (exact) mass is 526 g/mol. The minimum absolute atomic E-state index is 0.168. The molecule has 0 spiro atoms.